The van der Waals surface area contributed by atoms with E-state index in [-0.39, 0.29) is 17.1 Å². The second-order valence-corrected chi connectivity index (χ2v) is 3.24. The molecule has 90 valence electrons. The largest absolute Gasteiger partial charge is 0.999 e. The van der Waals surface area contributed by atoms with Gasteiger partial charge in [0.25, 0.3) is 0 Å². The number of nitrogens with zero attached hydrogens (tertiary/aromatic N) is 1. The first-order valence-corrected chi connectivity index (χ1v) is 4.60. The van der Waals surface area contributed by atoms with Gasteiger partial charge in [0.15, 0.2) is 0 Å². The van der Waals surface area contributed by atoms with E-state index in [2.05, 4.69) is 60.4 Å². The fourth-order valence-electron chi connectivity index (χ4n) is 0.876. The van der Waals surface area contributed by atoms with Crippen LogP contribution in [0.15, 0.2) is 6.07 Å². The van der Waals surface area contributed by atoms with Gasteiger partial charge in [-0.2, -0.15) is 6.04 Å². The molecule has 0 aliphatic carbocycles. The molecule has 2 aromatic rings. The maximum atomic E-state index is 2.94. The third kappa shape index (κ3) is 5.31. The summed E-state index contributed by atoms with van der Waals surface area (Å²) in [5, 5.41) is 0. The predicted octanol–water partition coefficient (Wildman–Crippen LogP) is 1.83. The molecule has 1 atom stereocenters. The molecular weight excluding hydrogens is 238 g/mol. The van der Waals surface area contributed by atoms with Crippen molar-refractivity contribution in [1.29, 1.82) is 0 Å². The summed E-state index contributed by atoms with van der Waals surface area (Å²) in [5.74, 6) is 0. The molecule has 0 aliphatic heterocycles. The van der Waals surface area contributed by atoms with Gasteiger partial charge in [0.05, 0.1) is 0 Å². The maximum absolute atomic E-state index is 2.94. The van der Waals surface area contributed by atoms with E-state index in [1.54, 1.807) is 6.07 Å². The van der Waals surface area contributed by atoms with Crippen LogP contribution in [-0.2, 0) is 17.1 Å². The average molecular weight is 249 g/mol. The Morgan fingerprint density at radius 1 is 1.00 bits per heavy atom. The van der Waals surface area contributed by atoms with Gasteiger partial charge in [-0.15, -0.1) is 0 Å². The van der Waals surface area contributed by atoms with Gasteiger partial charge >= 0.3 is 0 Å². The van der Waals surface area contributed by atoms with Crippen molar-refractivity contribution in [2.75, 3.05) is 14.1 Å². The second-order valence-electron chi connectivity index (χ2n) is 3.24. The summed E-state index contributed by atoms with van der Waals surface area (Å²) in [6, 6.07) is 23.7. The van der Waals surface area contributed by atoms with E-state index in [0.29, 0.717) is 6.04 Å². The van der Waals surface area contributed by atoms with Gasteiger partial charge in [0.2, 0.25) is 0 Å². The fraction of sp³-hybridized carbons (Fsp3) is 0.286. The maximum Gasteiger partial charge on any atom is 0 e. The smallest absolute Gasteiger partial charge is 0 e. The first-order valence-electron chi connectivity index (χ1n) is 4.60. The minimum absolute atomic E-state index is 0. The molecule has 0 aromatic heterocycles. The Morgan fingerprint density at radius 3 is 1.81 bits per heavy atom. The molecule has 0 saturated heterocycles. The van der Waals surface area contributed by atoms with Crippen LogP contribution in [0.1, 0.15) is 18.5 Å². The molecule has 0 spiro atoms. The molecule has 0 heterocycles. The van der Waals surface area contributed by atoms with Gasteiger partial charge in [0, 0.05) is 17.1 Å². The molecule has 0 saturated carbocycles. The van der Waals surface area contributed by atoms with Crippen molar-refractivity contribution in [3.63, 3.8) is 0 Å². The van der Waals surface area contributed by atoms with Crippen LogP contribution in [0.25, 0.3) is 0 Å². The Kier molecular flexibility index (Phi) is 7.92. The van der Waals surface area contributed by atoms with Crippen LogP contribution in [0, 0.1) is 48.5 Å². The molecule has 2 heteroatoms. The first-order chi connectivity index (χ1) is 7.22. The van der Waals surface area contributed by atoms with Crippen LogP contribution in [0.3, 0.4) is 0 Å². The third-order valence-electron chi connectivity index (χ3n) is 2.00. The summed E-state index contributed by atoms with van der Waals surface area (Å²) < 4.78 is 0. The molecule has 0 bridgehead atoms. The predicted molar refractivity (Wildman–Crippen MR) is 56.9 cm³/mol. The zero-order valence-electron chi connectivity index (χ0n) is 9.46. The Balaban J connectivity index is 0.000000318. The Hall–Kier alpha value is -0.821. The van der Waals surface area contributed by atoms with Crippen molar-refractivity contribution in [2.24, 2.45) is 0 Å². The summed E-state index contributed by atoms with van der Waals surface area (Å²) >= 11 is 0. The van der Waals surface area contributed by atoms with Crippen LogP contribution in [0.2, 0.25) is 0 Å². The molecule has 2 aromatic carbocycles. The molecule has 16 heavy (non-hydrogen) atoms. The Labute approximate surface area is 109 Å². The summed E-state index contributed by atoms with van der Waals surface area (Å²) in [5.41, 5.74) is 1.03. The standard InChI is InChI=1S/C9H10N.C5H.Fe/c1-8(10(2)3)9-6-4-5-7-9;1-2-4-5-3-1;/h8H,1-3H3;1H;/q2*-5;/t8-;;/m1../s1. The van der Waals surface area contributed by atoms with Crippen LogP contribution >= 0.6 is 0 Å². The van der Waals surface area contributed by atoms with E-state index >= 15 is 0 Å². The zero-order valence-corrected chi connectivity index (χ0v) is 10.6. The monoisotopic (exact) mass is 249 g/mol. The quantitative estimate of drug-likeness (QED) is 0.579. The van der Waals surface area contributed by atoms with E-state index < -0.39 is 0 Å². The third-order valence-corrected chi connectivity index (χ3v) is 2.00. The van der Waals surface area contributed by atoms with Gasteiger partial charge in [-0.3, -0.25) is 0 Å². The molecule has 0 amide bonds. The van der Waals surface area contributed by atoms with Crippen molar-refractivity contribution in [3.8, 4) is 0 Å². The van der Waals surface area contributed by atoms with E-state index in [0.717, 1.165) is 5.56 Å². The van der Waals surface area contributed by atoms with Crippen LogP contribution in [-0.4, -0.2) is 19.0 Å². The van der Waals surface area contributed by atoms with E-state index in [1.807, 2.05) is 14.1 Å². The fourth-order valence-corrected chi connectivity index (χ4v) is 0.876. The molecule has 0 N–H and O–H groups in total. The molecule has 0 unspecified atom stereocenters. The molecule has 0 fully saturated rings. The zero-order chi connectivity index (χ0) is 11.1. The molecule has 2 rings (SSSR count). The van der Waals surface area contributed by atoms with Crippen LogP contribution < -0.4 is 0 Å². The van der Waals surface area contributed by atoms with Crippen molar-refractivity contribution >= 4 is 0 Å². The summed E-state index contributed by atoms with van der Waals surface area (Å²) in [6.07, 6.45) is 0. The molecule has 0 radical (unpaired) electrons. The normalized spacial score (nSPS) is 11.2. The first kappa shape index (κ1) is 15.2. The van der Waals surface area contributed by atoms with Gasteiger partial charge in [-0.05, 0) is 14.1 Å². The second kappa shape index (κ2) is 8.35. The summed E-state index contributed by atoms with van der Waals surface area (Å²) in [6.45, 7) is 2.10. The average Bonchev–Trinajstić information content (AvgIpc) is 2.92. The molecule has 0 aliphatic rings. The van der Waals surface area contributed by atoms with Crippen LogP contribution in [0.4, 0.5) is 0 Å². The van der Waals surface area contributed by atoms with Crippen molar-refractivity contribution in [2.45, 2.75) is 13.0 Å². The van der Waals surface area contributed by atoms with E-state index in [4.69, 9.17) is 0 Å². The number of rotatable bonds is 2. The number of hydrogen-bond donors (Lipinski definition) is 0. The van der Waals surface area contributed by atoms with Gasteiger partial charge in [-0.25, -0.2) is 0 Å². The van der Waals surface area contributed by atoms with Gasteiger partial charge < -0.3 is 65.1 Å². The SMILES string of the molecule is C[C@H]([c-]1[c-][c-][c-][c-]1)N(C)C.[Fe].[c-]1[c-][c-][cH-][c-]1. The van der Waals surface area contributed by atoms with E-state index in [1.165, 1.54) is 0 Å². The number of hydrogen-bond acceptors (Lipinski definition) is 1. The van der Waals surface area contributed by atoms with Gasteiger partial charge in [0.1, 0.15) is 0 Å². The Bertz CT molecular complexity index is 304. The van der Waals surface area contributed by atoms with Crippen molar-refractivity contribution in [1.82, 2.24) is 4.90 Å². The summed E-state index contributed by atoms with van der Waals surface area (Å²) in [4.78, 5) is 2.10. The van der Waals surface area contributed by atoms with Crippen molar-refractivity contribution in [3.05, 3.63) is 60.2 Å². The Morgan fingerprint density at radius 2 is 1.50 bits per heavy atom. The van der Waals surface area contributed by atoms with Gasteiger partial charge in [-0.1, -0.05) is 6.92 Å². The minimum atomic E-state index is 0. The van der Waals surface area contributed by atoms with E-state index in [9.17, 15) is 0 Å². The molecule has 1 nitrogen and oxygen atoms in total. The van der Waals surface area contributed by atoms with Crippen LogP contribution in [0.5, 0.6) is 0 Å². The van der Waals surface area contributed by atoms with Crippen molar-refractivity contribution < 1.29 is 17.1 Å². The molecular formula is C14H11FeN-10. The minimum Gasteiger partial charge on any atom is -0.999 e. The summed E-state index contributed by atoms with van der Waals surface area (Å²) in [7, 11) is 4.05. The topological polar surface area (TPSA) is 3.24 Å².